The fraction of sp³-hybridized carbons (Fsp3) is 0.500. The molecule has 0 bridgehead atoms. The first kappa shape index (κ1) is 13.4. The maximum absolute atomic E-state index is 12.5. The minimum atomic E-state index is 0.199. The van der Waals surface area contributed by atoms with Crippen molar-refractivity contribution in [1.29, 1.82) is 0 Å². The van der Waals surface area contributed by atoms with Crippen LogP contribution in [0, 0.1) is 31.6 Å². The fourth-order valence-corrected chi connectivity index (χ4v) is 3.47. The number of fused-ring (bicyclic) bond motifs is 1. The van der Waals surface area contributed by atoms with E-state index in [1.54, 1.807) is 0 Å². The number of aryl methyl sites for hydroxylation is 2. The Morgan fingerprint density at radius 3 is 2.90 bits per heavy atom. The van der Waals surface area contributed by atoms with Crippen molar-refractivity contribution in [3.63, 3.8) is 0 Å². The van der Waals surface area contributed by atoms with E-state index in [4.69, 9.17) is 0 Å². The molecule has 20 heavy (non-hydrogen) atoms. The van der Waals surface area contributed by atoms with E-state index in [9.17, 15) is 4.79 Å². The minimum absolute atomic E-state index is 0.199. The third kappa shape index (κ3) is 2.65. The summed E-state index contributed by atoms with van der Waals surface area (Å²) < 4.78 is 0. The Balaban J connectivity index is 1.68. The molecule has 3 unspecified atom stereocenters. The average molecular weight is 269 g/mol. The highest BCUT2D eigenvalue weighted by Crippen LogP contribution is 2.51. The van der Waals surface area contributed by atoms with E-state index in [-0.39, 0.29) is 11.8 Å². The number of benzene rings is 1. The highest BCUT2D eigenvalue weighted by atomic mass is 16.2. The molecule has 1 fully saturated rings. The Kier molecular flexibility index (Phi) is 3.64. The third-order valence-corrected chi connectivity index (χ3v) is 4.69. The molecule has 1 saturated carbocycles. The summed E-state index contributed by atoms with van der Waals surface area (Å²) in [4.78, 5) is 12.5. The molecular weight excluding hydrogens is 246 g/mol. The van der Waals surface area contributed by atoms with Crippen LogP contribution in [0.5, 0.6) is 0 Å². The van der Waals surface area contributed by atoms with Crippen molar-refractivity contribution >= 4 is 11.6 Å². The Bertz CT molecular complexity index is 546. The molecule has 3 rings (SSSR count). The minimum Gasteiger partial charge on any atom is -0.326 e. The number of anilines is 1. The number of amides is 1. The molecule has 1 aromatic rings. The summed E-state index contributed by atoms with van der Waals surface area (Å²) in [6, 6.07) is 6.19. The number of rotatable bonds is 2. The second-order valence-electron chi connectivity index (χ2n) is 6.29. The maximum Gasteiger partial charge on any atom is 0.228 e. The molecule has 3 atom stereocenters. The van der Waals surface area contributed by atoms with Crippen LogP contribution in [-0.4, -0.2) is 5.91 Å². The van der Waals surface area contributed by atoms with Crippen LogP contribution in [0.15, 0.2) is 30.4 Å². The second kappa shape index (κ2) is 5.43. The molecule has 1 N–H and O–H groups in total. The van der Waals surface area contributed by atoms with Crippen LogP contribution in [0.1, 0.15) is 36.8 Å². The quantitative estimate of drug-likeness (QED) is 0.800. The van der Waals surface area contributed by atoms with Crippen molar-refractivity contribution in [2.75, 3.05) is 5.32 Å². The van der Waals surface area contributed by atoms with Gasteiger partial charge < -0.3 is 5.32 Å². The molecule has 2 heteroatoms. The summed E-state index contributed by atoms with van der Waals surface area (Å²) >= 11 is 0. The van der Waals surface area contributed by atoms with Crippen molar-refractivity contribution in [3.8, 4) is 0 Å². The highest BCUT2D eigenvalue weighted by molar-refractivity contribution is 5.95. The van der Waals surface area contributed by atoms with Crippen molar-refractivity contribution in [1.82, 2.24) is 0 Å². The number of carbonyl (C=O) groups excluding carboxylic acids is 1. The first-order valence-corrected chi connectivity index (χ1v) is 7.71. The molecule has 2 aliphatic rings. The summed E-state index contributed by atoms with van der Waals surface area (Å²) in [7, 11) is 0. The molecule has 0 saturated heterocycles. The van der Waals surface area contributed by atoms with E-state index < -0.39 is 0 Å². The lowest BCUT2D eigenvalue weighted by molar-refractivity contribution is -0.117. The molecule has 2 aliphatic carbocycles. The van der Waals surface area contributed by atoms with E-state index in [2.05, 4.69) is 43.4 Å². The first-order valence-electron chi connectivity index (χ1n) is 7.71. The number of carbonyl (C=O) groups is 1. The van der Waals surface area contributed by atoms with Gasteiger partial charge in [0.15, 0.2) is 0 Å². The van der Waals surface area contributed by atoms with Gasteiger partial charge in [-0.25, -0.2) is 0 Å². The lowest BCUT2D eigenvalue weighted by Crippen LogP contribution is -2.16. The molecule has 1 aromatic carbocycles. The zero-order chi connectivity index (χ0) is 14.1. The molecule has 2 nitrogen and oxygen atoms in total. The van der Waals surface area contributed by atoms with E-state index >= 15 is 0 Å². The topological polar surface area (TPSA) is 29.1 Å². The lowest BCUT2D eigenvalue weighted by atomic mass is 10.1. The van der Waals surface area contributed by atoms with Gasteiger partial charge in [-0.2, -0.15) is 0 Å². The first-order chi connectivity index (χ1) is 9.66. The van der Waals surface area contributed by atoms with Crippen molar-refractivity contribution < 1.29 is 4.79 Å². The van der Waals surface area contributed by atoms with Gasteiger partial charge in [0.1, 0.15) is 0 Å². The lowest BCUT2D eigenvalue weighted by Gasteiger charge is -2.09. The molecule has 106 valence electrons. The van der Waals surface area contributed by atoms with Gasteiger partial charge in [-0.1, -0.05) is 36.3 Å². The van der Waals surface area contributed by atoms with Gasteiger partial charge >= 0.3 is 0 Å². The summed E-state index contributed by atoms with van der Waals surface area (Å²) in [6.45, 7) is 4.13. The Labute approximate surface area is 121 Å². The van der Waals surface area contributed by atoms with Crippen LogP contribution in [0.25, 0.3) is 0 Å². The normalized spacial score (nSPS) is 29.8. The van der Waals surface area contributed by atoms with Crippen molar-refractivity contribution in [2.24, 2.45) is 17.8 Å². The molecule has 0 aliphatic heterocycles. The number of nitrogens with one attached hydrogen (secondary N) is 1. The van der Waals surface area contributed by atoms with Gasteiger partial charge in [0, 0.05) is 11.6 Å². The molecule has 0 aromatic heterocycles. The van der Waals surface area contributed by atoms with Crippen molar-refractivity contribution in [2.45, 2.75) is 39.5 Å². The zero-order valence-corrected chi connectivity index (χ0v) is 12.4. The maximum atomic E-state index is 12.5. The summed E-state index contributed by atoms with van der Waals surface area (Å²) in [6.07, 6.45) is 9.45. The molecule has 0 heterocycles. The highest BCUT2D eigenvalue weighted by Gasteiger charge is 2.52. The Hall–Kier alpha value is -1.57. The Morgan fingerprint density at radius 1 is 1.25 bits per heavy atom. The molecular formula is C18H23NO. The van der Waals surface area contributed by atoms with Crippen molar-refractivity contribution in [3.05, 3.63) is 41.5 Å². The van der Waals surface area contributed by atoms with E-state index in [1.165, 1.54) is 31.2 Å². The van der Waals surface area contributed by atoms with Gasteiger partial charge in [-0.3, -0.25) is 4.79 Å². The second-order valence-corrected chi connectivity index (χ2v) is 6.29. The van der Waals surface area contributed by atoms with Crippen LogP contribution < -0.4 is 5.32 Å². The van der Waals surface area contributed by atoms with Crippen LogP contribution in [0.2, 0.25) is 0 Å². The zero-order valence-electron chi connectivity index (χ0n) is 12.4. The van der Waals surface area contributed by atoms with Crippen LogP contribution in [-0.2, 0) is 4.79 Å². The smallest absolute Gasteiger partial charge is 0.228 e. The van der Waals surface area contributed by atoms with Crippen LogP contribution in [0.4, 0.5) is 5.69 Å². The molecule has 1 amide bonds. The number of hydrogen-bond acceptors (Lipinski definition) is 1. The fourth-order valence-electron chi connectivity index (χ4n) is 3.47. The van der Waals surface area contributed by atoms with Gasteiger partial charge in [0.25, 0.3) is 0 Å². The molecule has 0 spiro atoms. The average Bonchev–Trinajstić information content (AvgIpc) is 3.04. The Morgan fingerprint density at radius 2 is 2.10 bits per heavy atom. The predicted molar refractivity (Wildman–Crippen MR) is 82.6 cm³/mol. The summed E-state index contributed by atoms with van der Waals surface area (Å²) in [5.41, 5.74) is 3.34. The third-order valence-electron chi connectivity index (χ3n) is 4.69. The number of allylic oxidation sites excluding steroid dienone is 2. The van der Waals surface area contributed by atoms with E-state index in [1.807, 2.05) is 6.07 Å². The van der Waals surface area contributed by atoms with Crippen LogP contribution in [0.3, 0.4) is 0 Å². The largest absolute Gasteiger partial charge is 0.326 e. The van der Waals surface area contributed by atoms with Crippen LogP contribution >= 0.6 is 0 Å². The van der Waals surface area contributed by atoms with Gasteiger partial charge in [0.05, 0.1) is 0 Å². The molecule has 0 radical (unpaired) electrons. The van der Waals surface area contributed by atoms with Gasteiger partial charge in [0.2, 0.25) is 5.91 Å². The summed E-state index contributed by atoms with van der Waals surface area (Å²) in [5.74, 6) is 1.47. The summed E-state index contributed by atoms with van der Waals surface area (Å²) in [5, 5.41) is 3.12. The van der Waals surface area contributed by atoms with E-state index in [0.29, 0.717) is 11.8 Å². The number of hydrogen-bond donors (Lipinski definition) is 1. The van der Waals surface area contributed by atoms with Gasteiger partial charge in [-0.05, 0) is 56.6 Å². The van der Waals surface area contributed by atoms with E-state index in [0.717, 1.165) is 11.3 Å². The predicted octanol–water partition coefficient (Wildman–Crippen LogP) is 4.23. The standard InChI is InChI=1S/C18H23NO/c1-12-9-10-16(13(2)11-12)19-18(20)17-14-7-5-3-4-6-8-15(14)17/h5,7,9-11,14-15,17H,3-4,6,8H2,1-2H3,(H,19,20)/b7-5-. The monoisotopic (exact) mass is 269 g/mol. The SMILES string of the molecule is Cc1ccc(NC(=O)C2C3/C=C\CCCCC32)c(C)c1. The van der Waals surface area contributed by atoms with Gasteiger partial charge in [-0.15, -0.1) is 0 Å².